The van der Waals surface area contributed by atoms with Crippen LogP contribution in [0.5, 0.6) is 0 Å². The first-order valence-electron chi connectivity index (χ1n) is 13.2. The van der Waals surface area contributed by atoms with E-state index in [4.69, 9.17) is 4.74 Å². The second-order valence-electron chi connectivity index (χ2n) is 10.7. The number of allylic oxidation sites excluding steroid dienone is 1. The molecule has 3 saturated heterocycles. The van der Waals surface area contributed by atoms with Gasteiger partial charge < -0.3 is 19.4 Å². The molecule has 3 fully saturated rings. The van der Waals surface area contributed by atoms with E-state index in [-0.39, 0.29) is 17.4 Å². The van der Waals surface area contributed by atoms with Crippen molar-refractivity contribution in [1.29, 1.82) is 0 Å². The van der Waals surface area contributed by atoms with Gasteiger partial charge in [-0.3, -0.25) is 4.79 Å². The number of anilines is 1. The standard InChI is InChI=1S/C28H39N3O3/c1-3-4-5-8-17-34-27(33)31-22-11-12-23(31)19-24(18-22)29-15-13-28(14-16-29)20-30(21(2)32)26-10-7-6-9-25(26)28/h5-10,22-24H,3-4,11-20H2,1-2H3. The lowest BCUT2D eigenvalue weighted by Crippen LogP contribution is -2.55. The summed E-state index contributed by atoms with van der Waals surface area (Å²) in [4.78, 5) is 31.8. The Labute approximate surface area is 203 Å². The number of para-hydroxylation sites is 1. The van der Waals surface area contributed by atoms with Gasteiger partial charge in [-0.25, -0.2) is 4.79 Å². The molecule has 2 bridgehead atoms. The topological polar surface area (TPSA) is 53.1 Å². The van der Waals surface area contributed by atoms with Gasteiger partial charge in [0.2, 0.25) is 5.91 Å². The number of hydrogen-bond donors (Lipinski definition) is 0. The number of amides is 2. The minimum absolute atomic E-state index is 0.0908. The molecule has 2 amide bonds. The fraction of sp³-hybridized carbons (Fsp3) is 0.643. The highest BCUT2D eigenvalue weighted by Crippen LogP contribution is 2.48. The van der Waals surface area contributed by atoms with Crippen LogP contribution in [0.3, 0.4) is 0 Å². The summed E-state index contributed by atoms with van der Waals surface area (Å²) in [6.45, 7) is 7.16. The first-order valence-corrected chi connectivity index (χ1v) is 13.2. The van der Waals surface area contributed by atoms with Gasteiger partial charge in [0, 0.05) is 42.7 Å². The quantitative estimate of drug-likeness (QED) is 0.582. The molecule has 1 spiro atoms. The lowest BCUT2D eigenvalue weighted by molar-refractivity contribution is -0.116. The Balaban J connectivity index is 1.18. The first kappa shape index (κ1) is 23.4. The van der Waals surface area contributed by atoms with Gasteiger partial charge in [-0.05, 0) is 69.7 Å². The molecule has 5 rings (SSSR count). The minimum atomic E-state index is -0.128. The molecule has 6 nitrogen and oxygen atoms in total. The zero-order chi connectivity index (χ0) is 23.7. The molecule has 0 saturated carbocycles. The van der Waals surface area contributed by atoms with Gasteiger partial charge in [-0.1, -0.05) is 43.7 Å². The molecular weight excluding hydrogens is 426 g/mol. The number of benzene rings is 1. The number of likely N-dealkylation sites (tertiary alicyclic amines) is 1. The molecule has 0 aromatic heterocycles. The predicted octanol–water partition coefficient (Wildman–Crippen LogP) is 4.88. The van der Waals surface area contributed by atoms with Crippen molar-refractivity contribution in [1.82, 2.24) is 9.80 Å². The van der Waals surface area contributed by atoms with Crippen LogP contribution in [0.1, 0.15) is 70.8 Å². The summed E-state index contributed by atoms with van der Waals surface area (Å²) in [5, 5.41) is 0. The smallest absolute Gasteiger partial charge is 0.410 e. The number of hydrogen-bond acceptors (Lipinski definition) is 4. The van der Waals surface area contributed by atoms with Crippen LogP contribution in [-0.4, -0.2) is 66.2 Å². The molecule has 0 radical (unpaired) electrons. The van der Waals surface area contributed by atoms with Crippen molar-refractivity contribution < 1.29 is 14.3 Å². The van der Waals surface area contributed by atoms with Crippen LogP contribution < -0.4 is 4.90 Å². The number of rotatable bonds is 5. The largest absolute Gasteiger partial charge is 0.445 e. The second-order valence-corrected chi connectivity index (χ2v) is 10.7. The van der Waals surface area contributed by atoms with Crippen molar-refractivity contribution in [3.05, 3.63) is 42.0 Å². The van der Waals surface area contributed by atoms with E-state index in [2.05, 4.69) is 36.1 Å². The second kappa shape index (κ2) is 9.73. The van der Waals surface area contributed by atoms with Crippen LogP contribution in [0.15, 0.2) is 36.4 Å². The molecule has 4 aliphatic heterocycles. The van der Waals surface area contributed by atoms with Gasteiger partial charge in [-0.2, -0.15) is 0 Å². The maximum absolute atomic E-state index is 12.8. The van der Waals surface area contributed by atoms with Crippen LogP contribution in [0.4, 0.5) is 10.5 Å². The molecule has 0 N–H and O–H groups in total. The van der Waals surface area contributed by atoms with Crippen molar-refractivity contribution >= 4 is 17.7 Å². The Hall–Kier alpha value is -2.34. The zero-order valence-corrected chi connectivity index (χ0v) is 20.7. The normalized spacial score (nSPS) is 28.0. The van der Waals surface area contributed by atoms with Crippen LogP contribution >= 0.6 is 0 Å². The first-order chi connectivity index (χ1) is 16.5. The molecule has 2 atom stereocenters. The Morgan fingerprint density at radius 3 is 2.44 bits per heavy atom. The third-order valence-corrected chi connectivity index (χ3v) is 8.72. The highest BCUT2D eigenvalue weighted by molar-refractivity contribution is 5.94. The summed E-state index contributed by atoms with van der Waals surface area (Å²) < 4.78 is 5.57. The van der Waals surface area contributed by atoms with Gasteiger partial charge in [-0.15, -0.1) is 0 Å². The van der Waals surface area contributed by atoms with E-state index in [1.165, 1.54) is 5.56 Å². The maximum Gasteiger partial charge on any atom is 0.410 e. The minimum Gasteiger partial charge on any atom is -0.445 e. The predicted molar refractivity (Wildman–Crippen MR) is 134 cm³/mol. The fourth-order valence-electron chi connectivity index (χ4n) is 6.95. The molecular formula is C28H39N3O3. The number of nitrogens with zero attached hydrogens (tertiary/aromatic N) is 3. The van der Waals surface area contributed by atoms with Gasteiger partial charge in [0.15, 0.2) is 0 Å². The number of ether oxygens (including phenoxy) is 1. The SMILES string of the molecule is CCCC=CCOC(=O)N1C2CCC1CC(N1CCC3(CC1)CN(C(C)=O)c1ccccc13)C2. The van der Waals surface area contributed by atoms with Crippen LogP contribution in [-0.2, 0) is 14.9 Å². The molecule has 1 aromatic rings. The highest BCUT2D eigenvalue weighted by atomic mass is 16.6. The Morgan fingerprint density at radius 2 is 1.76 bits per heavy atom. The maximum atomic E-state index is 12.8. The summed E-state index contributed by atoms with van der Waals surface area (Å²) in [6, 6.07) is 9.66. The highest BCUT2D eigenvalue weighted by Gasteiger charge is 2.49. The fourth-order valence-corrected chi connectivity index (χ4v) is 6.95. The molecule has 6 heteroatoms. The lowest BCUT2D eigenvalue weighted by Gasteiger charge is -2.47. The van der Waals surface area contributed by atoms with Gasteiger partial charge in [0.05, 0.1) is 0 Å². The Morgan fingerprint density at radius 1 is 1.06 bits per heavy atom. The van der Waals surface area contributed by atoms with Crippen LogP contribution in [0.2, 0.25) is 0 Å². The molecule has 4 heterocycles. The molecule has 0 aliphatic carbocycles. The van der Waals surface area contributed by atoms with Crippen LogP contribution in [0.25, 0.3) is 0 Å². The van der Waals surface area contributed by atoms with Gasteiger partial charge >= 0.3 is 6.09 Å². The van der Waals surface area contributed by atoms with Gasteiger partial charge in [0.1, 0.15) is 6.61 Å². The van der Waals surface area contributed by atoms with E-state index in [9.17, 15) is 9.59 Å². The number of piperidine rings is 2. The van der Waals surface area contributed by atoms with E-state index < -0.39 is 0 Å². The monoisotopic (exact) mass is 465 g/mol. The number of carbonyl (C=O) groups excluding carboxylic acids is 2. The van der Waals surface area contributed by atoms with Crippen molar-refractivity contribution in [3.8, 4) is 0 Å². The van der Waals surface area contributed by atoms with Crippen molar-refractivity contribution in [2.75, 3.05) is 31.1 Å². The molecule has 184 valence electrons. The third kappa shape index (κ3) is 4.26. The zero-order valence-electron chi connectivity index (χ0n) is 20.7. The number of carbonyl (C=O) groups is 2. The molecule has 34 heavy (non-hydrogen) atoms. The summed E-state index contributed by atoms with van der Waals surface area (Å²) >= 11 is 0. The summed E-state index contributed by atoms with van der Waals surface area (Å²) in [5.41, 5.74) is 2.56. The summed E-state index contributed by atoms with van der Waals surface area (Å²) in [5.74, 6) is 0.142. The van der Waals surface area contributed by atoms with E-state index in [0.717, 1.165) is 76.7 Å². The van der Waals surface area contributed by atoms with E-state index in [1.807, 2.05) is 21.9 Å². The van der Waals surface area contributed by atoms with Crippen molar-refractivity contribution in [2.45, 2.75) is 88.8 Å². The molecule has 1 aromatic carbocycles. The Bertz CT molecular complexity index is 923. The molecule has 4 aliphatic rings. The van der Waals surface area contributed by atoms with E-state index in [1.54, 1.807) is 6.92 Å². The summed E-state index contributed by atoms with van der Waals surface area (Å²) in [6.07, 6.45) is 12.6. The molecule has 2 unspecified atom stereocenters. The average molecular weight is 466 g/mol. The van der Waals surface area contributed by atoms with E-state index >= 15 is 0 Å². The van der Waals surface area contributed by atoms with Crippen molar-refractivity contribution in [2.24, 2.45) is 0 Å². The van der Waals surface area contributed by atoms with E-state index in [0.29, 0.717) is 24.7 Å². The lowest BCUT2D eigenvalue weighted by atomic mass is 9.73. The van der Waals surface area contributed by atoms with Crippen molar-refractivity contribution in [3.63, 3.8) is 0 Å². The van der Waals surface area contributed by atoms with Crippen LogP contribution in [0, 0.1) is 0 Å². The Kier molecular flexibility index (Phi) is 6.70. The number of unbranched alkanes of at least 4 members (excludes halogenated alkanes) is 1. The average Bonchev–Trinajstić information content (AvgIpc) is 3.31. The third-order valence-electron chi connectivity index (χ3n) is 8.72. The summed E-state index contributed by atoms with van der Waals surface area (Å²) in [7, 11) is 0. The van der Waals surface area contributed by atoms with Gasteiger partial charge in [0.25, 0.3) is 0 Å². The number of fused-ring (bicyclic) bond motifs is 4.